The molecule has 0 aliphatic heterocycles. The topological polar surface area (TPSA) is 84.3 Å². The number of rotatable bonds is 4. The molecule has 5 rings (SSSR count). The second kappa shape index (κ2) is 7.24. The van der Waals surface area contributed by atoms with Crippen LogP contribution in [0.25, 0.3) is 27.9 Å². The first-order chi connectivity index (χ1) is 14.2. The molecule has 29 heavy (non-hydrogen) atoms. The molecule has 0 amide bonds. The number of aromatic amines is 1. The highest BCUT2D eigenvalue weighted by Gasteiger charge is 2.22. The van der Waals surface area contributed by atoms with Crippen LogP contribution in [0.3, 0.4) is 0 Å². The van der Waals surface area contributed by atoms with Crippen LogP contribution in [0.4, 0.5) is 5.82 Å². The third-order valence-corrected chi connectivity index (χ3v) is 5.70. The van der Waals surface area contributed by atoms with Crippen LogP contribution in [-0.4, -0.2) is 38.5 Å². The molecular weight excluding hydrogens is 366 g/mol. The summed E-state index contributed by atoms with van der Waals surface area (Å²) in [4.78, 5) is 24.5. The largest absolute Gasteiger partial charge is 0.465 e. The Morgan fingerprint density at radius 2 is 2.14 bits per heavy atom. The number of aromatic nitrogens is 4. The summed E-state index contributed by atoms with van der Waals surface area (Å²) in [7, 11) is 1.39. The fraction of sp³-hybridized carbons (Fsp3) is 0.318. The molecule has 0 atom stereocenters. The Labute approximate surface area is 168 Å². The number of nitrogens with one attached hydrogen (secondary N) is 2. The number of pyridine rings is 2. The van der Waals surface area contributed by atoms with Crippen molar-refractivity contribution in [2.24, 2.45) is 0 Å². The average Bonchev–Trinajstić information content (AvgIpc) is 3.35. The van der Waals surface area contributed by atoms with E-state index in [9.17, 15) is 4.79 Å². The second-order valence-electron chi connectivity index (χ2n) is 7.53. The SMILES string of the molecule is COC(=O)c1ccn2c(NC3CCCCC3)c(-c3c[nH]c4ncccc34)nc2c1. The van der Waals surface area contributed by atoms with Crippen LogP contribution in [0.1, 0.15) is 42.5 Å². The van der Waals surface area contributed by atoms with E-state index >= 15 is 0 Å². The summed E-state index contributed by atoms with van der Waals surface area (Å²) in [6, 6.07) is 7.94. The number of carbonyl (C=O) groups is 1. The van der Waals surface area contributed by atoms with Crippen LogP contribution in [0, 0.1) is 0 Å². The van der Waals surface area contributed by atoms with Gasteiger partial charge in [0.05, 0.1) is 12.7 Å². The molecule has 148 valence electrons. The minimum atomic E-state index is -0.366. The summed E-state index contributed by atoms with van der Waals surface area (Å²) < 4.78 is 6.89. The number of hydrogen-bond acceptors (Lipinski definition) is 5. The van der Waals surface area contributed by atoms with Gasteiger partial charge < -0.3 is 15.0 Å². The standard InChI is InChI=1S/C22H23N5O2/c1-29-22(28)14-9-11-27-18(12-14)26-19(21(27)25-15-6-3-2-4-7-15)17-13-24-20-16(17)8-5-10-23-20/h5,8-13,15,25H,2-4,6-7H2,1H3,(H,23,24). The van der Waals surface area contributed by atoms with E-state index in [1.807, 2.05) is 28.9 Å². The zero-order valence-electron chi connectivity index (χ0n) is 16.3. The summed E-state index contributed by atoms with van der Waals surface area (Å²) >= 11 is 0. The lowest BCUT2D eigenvalue weighted by Crippen LogP contribution is -2.23. The van der Waals surface area contributed by atoms with Crippen molar-refractivity contribution in [2.75, 3.05) is 12.4 Å². The Balaban J connectivity index is 1.67. The number of hydrogen-bond donors (Lipinski definition) is 2. The van der Waals surface area contributed by atoms with Gasteiger partial charge in [-0.3, -0.25) is 4.40 Å². The molecule has 0 spiro atoms. The number of imidazole rings is 1. The first-order valence-electron chi connectivity index (χ1n) is 10.0. The summed E-state index contributed by atoms with van der Waals surface area (Å²) in [6.45, 7) is 0. The van der Waals surface area contributed by atoms with Crippen molar-refractivity contribution >= 4 is 28.5 Å². The monoisotopic (exact) mass is 389 g/mol. The van der Waals surface area contributed by atoms with Gasteiger partial charge in [-0.2, -0.15) is 0 Å². The van der Waals surface area contributed by atoms with Gasteiger partial charge in [0, 0.05) is 35.6 Å². The van der Waals surface area contributed by atoms with E-state index in [2.05, 4.69) is 15.3 Å². The quantitative estimate of drug-likeness (QED) is 0.505. The third kappa shape index (κ3) is 3.12. The fourth-order valence-electron chi connectivity index (χ4n) is 4.21. The molecule has 1 aliphatic carbocycles. The van der Waals surface area contributed by atoms with Crippen molar-refractivity contribution in [3.05, 3.63) is 48.4 Å². The van der Waals surface area contributed by atoms with Gasteiger partial charge in [-0.15, -0.1) is 0 Å². The van der Waals surface area contributed by atoms with E-state index in [-0.39, 0.29) is 5.97 Å². The normalized spacial score (nSPS) is 15.1. The van der Waals surface area contributed by atoms with E-state index < -0.39 is 0 Å². The highest BCUT2D eigenvalue weighted by Crippen LogP contribution is 2.35. The lowest BCUT2D eigenvalue weighted by Gasteiger charge is -2.24. The first kappa shape index (κ1) is 17.7. The van der Waals surface area contributed by atoms with Gasteiger partial charge in [0.25, 0.3) is 0 Å². The highest BCUT2D eigenvalue weighted by molar-refractivity contribution is 5.97. The van der Waals surface area contributed by atoms with Gasteiger partial charge in [0.1, 0.15) is 22.8 Å². The van der Waals surface area contributed by atoms with Crippen molar-refractivity contribution < 1.29 is 9.53 Å². The van der Waals surface area contributed by atoms with Crippen LogP contribution in [0.5, 0.6) is 0 Å². The summed E-state index contributed by atoms with van der Waals surface area (Å²) in [5.74, 6) is 0.586. The van der Waals surface area contributed by atoms with Crippen molar-refractivity contribution in [3.8, 4) is 11.3 Å². The Morgan fingerprint density at radius 3 is 2.97 bits per heavy atom. The minimum Gasteiger partial charge on any atom is -0.465 e. The number of methoxy groups -OCH3 is 1. The van der Waals surface area contributed by atoms with E-state index in [0.29, 0.717) is 17.3 Å². The average molecular weight is 389 g/mol. The van der Waals surface area contributed by atoms with Crippen molar-refractivity contribution in [3.63, 3.8) is 0 Å². The van der Waals surface area contributed by atoms with Crippen LogP contribution < -0.4 is 5.32 Å². The number of fused-ring (bicyclic) bond motifs is 2. The highest BCUT2D eigenvalue weighted by atomic mass is 16.5. The summed E-state index contributed by atoms with van der Waals surface area (Å²) in [5, 5.41) is 4.76. The minimum absolute atomic E-state index is 0.366. The van der Waals surface area contributed by atoms with Gasteiger partial charge in [-0.1, -0.05) is 19.3 Å². The van der Waals surface area contributed by atoms with Crippen molar-refractivity contribution in [1.29, 1.82) is 0 Å². The van der Waals surface area contributed by atoms with Crippen LogP contribution in [0.15, 0.2) is 42.9 Å². The van der Waals surface area contributed by atoms with E-state index in [1.54, 1.807) is 18.3 Å². The Kier molecular flexibility index (Phi) is 4.42. The van der Waals surface area contributed by atoms with Gasteiger partial charge >= 0.3 is 5.97 Å². The Hall–Kier alpha value is -3.35. The molecule has 7 heteroatoms. The lowest BCUT2D eigenvalue weighted by molar-refractivity contribution is 0.0600. The number of anilines is 1. The lowest BCUT2D eigenvalue weighted by atomic mass is 9.95. The molecule has 1 aliphatic rings. The van der Waals surface area contributed by atoms with E-state index in [1.165, 1.54) is 26.4 Å². The van der Waals surface area contributed by atoms with Gasteiger partial charge in [0.2, 0.25) is 0 Å². The van der Waals surface area contributed by atoms with E-state index in [4.69, 9.17) is 9.72 Å². The number of esters is 1. The predicted molar refractivity (Wildman–Crippen MR) is 112 cm³/mol. The van der Waals surface area contributed by atoms with Crippen LogP contribution in [0.2, 0.25) is 0 Å². The van der Waals surface area contributed by atoms with Gasteiger partial charge in [-0.05, 0) is 37.1 Å². The van der Waals surface area contributed by atoms with Crippen LogP contribution in [-0.2, 0) is 4.74 Å². The molecule has 2 N–H and O–H groups in total. The molecule has 0 bridgehead atoms. The second-order valence-corrected chi connectivity index (χ2v) is 7.53. The molecular formula is C22H23N5O2. The molecule has 0 saturated heterocycles. The summed E-state index contributed by atoms with van der Waals surface area (Å²) in [5.41, 5.74) is 3.88. The molecule has 4 heterocycles. The van der Waals surface area contributed by atoms with Crippen molar-refractivity contribution in [2.45, 2.75) is 38.1 Å². The van der Waals surface area contributed by atoms with Crippen LogP contribution >= 0.6 is 0 Å². The number of ether oxygens (including phenoxy) is 1. The van der Waals surface area contributed by atoms with Crippen molar-refractivity contribution in [1.82, 2.24) is 19.4 Å². The Morgan fingerprint density at radius 1 is 1.28 bits per heavy atom. The molecule has 0 unspecified atom stereocenters. The number of H-pyrrole nitrogens is 1. The number of carbonyl (C=O) groups excluding carboxylic acids is 1. The number of nitrogens with zero attached hydrogens (tertiary/aromatic N) is 3. The third-order valence-electron chi connectivity index (χ3n) is 5.70. The molecule has 0 aromatic carbocycles. The fourth-order valence-corrected chi connectivity index (χ4v) is 4.21. The maximum atomic E-state index is 12.0. The maximum Gasteiger partial charge on any atom is 0.338 e. The predicted octanol–water partition coefficient (Wildman–Crippen LogP) is 4.41. The summed E-state index contributed by atoms with van der Waals surface area (Å²) in [6.07, 6.45) is 11.7. The van der Waals surface area contributed by atoms with Gasteiger partial charge in [0.15, 0.2) is 0 Å². The molecule has 4 aromatic rings. The molecule has 1 fully saturated rings. The Bertz CT molecular complexity index is 1190. The van der Waals surface area contributed by atoms with E-state index in [0.717, 1.165) is 41.0 Å². The molecule has 7 nitrogen and oxygen atoms in total. The first-order valence-corrected chi connectivity index (χ1v) is 10.0. The zero-order chi connectivity index (χ0) is 19.8. The zero-order valence-corrected chi connectivity index (χ0v) is 16.3. The van der Waals surface area contributed by atoms with Gasteiger partial charge in [-0.25, -0.2) is 14.8 Å². The smallest absolute Gasteiger partial charge is 0.338 e. The molecule has 0 radical (unpaired) electrons. The maximum absolute atomic E-state index is 12.0. The molecule has 1 saturated carbocycles. The molecule has 4 aromatic heterocycles.